The Morgan fingerprint density at radius 1 is 1.08 bits per heavy atom. The number of Topliss-reactive ketones (excluding diaryl/α,β-unsaturated/α-hetero) is 1. The summed E-state index contributed by atoms with van der Waals surface area (Å²) in [6.45, 7) is 2.64. The molecule has 4 heteroatoms. The molecule has 1 aliphatic rings. The number of likely N-dealkylation sites (tertiary alicyclic amines) is 1. The summed E-state index contributed by atoms with van der Waals surface area (Å²) < 4.78 is 1.00. The molecule has 0 amide bonds. The van der Waals surface area contributed by atoms with Crippen molar-refractivity contribution >= 4 is 21.7 Å². The molecular formula is C21H24BrNO2. The first kappa shape index (κ1) is 18.3. The number of carbonyl (C=O) groups excluding carboxylic acids is 1. The van der Waals surface area contributed by atoms with Crippen molar-refractivity contribution in [3.05, 3.63) is 70.2 Å². The van der Waals surface area contributed by atoms with E-state index in [9.17, 15) is 9.90 Å². The molecule has 3 rings (SSSR count). The van der Waals surface area contributed by atoms with E-state index in [2.05, 4.69) is 20.8 Å². The van der Waals surface area contributed by atoms with E-state index >= 15 is 0 Å². The molecule has 0 unspecified atom stereocenters. The number of benzene rings is 2. The second kappa shape index (κ2) is 8.26. The van der Waals surface area contributed by atoms with E-state index in [0.717, 1.165) is 54.5 Å². The Morgan fingerprint density at radius 3 is 2.48 bits per heavy atom. The molecule has 1 saturated heterocycles. The molecule has 0 spiro atoms. The third-order valence-corrected chi connectivity index (χ3v) is 5.51. The van der Waals surface area contributed by atoms with Crippen LogP contribution in [0.1, 0.15) is 41.6 Å². The number of piperidine rings is 1. The zero-order valence-corrected chi connectivity index (χ0v) is 15.9. The fourth-order valence-electron chi connectivity index (χ4n) is 3.44. The summed E-state index contributed by atoms with van der Waals surface area (Å²) in [4.78, 5) is 14.5. The second-order valence-electron chi connectivity index (χ2n) is 6.78. The van der Waals surface area contributed by atoms with Crippen LogP contribution in [0.5, 0.6) is 0 Å². The molecule has 0 atom stereocenters. The van der Waals surface area contributed by atoms with E-state index in [0.29, 0.717) is 6.42 Å². The van der Waals surface area contributed by atoms with E-state index in [4.69, 9.17) is 0 Å². The molecule has 25 heavy (non-hydrogen) atoms. The number of hydrogen-bond acceptors (Lipinski definition) is 3. The van der Waals surface area contributed by atoms with Gasteiger partial charge in [0.05, 0.1) is 5.60 Å². The van der Waals surface area contributed by atoms with Crippen molar-refractivity contribution in [3.63, 3.8) is 0 Å². The zero-order chi connectivity index (χ0) is 17.7. The molecule has 1 heterocycles. The van der Waals surface area contributed by atoms with Gasteiger partial charge >= 0.3 is 0 Å². The van der Waals surface area contributed by atoms with Gasteiger partial charge in [-0.05, 0) is 43.5 Å². The van der Waals surface area contributed by atoms with Crippen molar-refractivity contribution in [2.24, 2.45) is 0 Å². The average molecular weight is 402 g/mol. The van der Waals surface area contributed by atoms with E-state index in [1.165, 1.54) is 0 Å². The topological polar surface area (TPSA) is 40.5 Å². The predicted molar refractivity (Wildman–Crippen MR) is 104 cm³/mol. The Morgan fingerprint density at radius 2 is 1.80 bits per heavy atom. The van der Waals surface area contributed by atoms with Gasteiger partial charge in [0.1, 0.15) is 0 Å². The van der Waals surface area contributed by atoms with Gasteiger partial charge in [-0.25, -0.2) is 0 Å². The van der Waals surface area contributed by atoms with Gasteiger partial charge in [0.2, 0.25) is 0 Å². The van der Waals surface area contributed by atoms with Gasteiger partial charge in [-0.3, -0.25) is 4.79 Å². The van der Waals surface area contributed by atoms with E-state index in [1.807, 2.05) is 54.6 Å². The standard InChI is InChI=1S/C21H24BrNO2/c22-19-9-4-8-18(16-19)21(25)11-14-23(15-12-21)13-5-10-20(24)17-6-2-1-3-7-17/h1-4,6-9,16,25H,5,10-15H2. The van der Waals surface area contributed by atoms with E-state index in [1.54, 1.807) is 0 Å². The lowest BCUT2D eigenvalue weighted by Crippen LogP contribution is -2.42. The Balaban J connectivity index is 1.46. The monoisotopic (exact) mass is 401 g/mol. The summed E-state index contributed by atoms with van der Waals surface area (Å²) in [7, 11) is 0. The smallest absolute Gasteiger partial charge is 0.162 e. The Labute approximate surface area is 157 Å². The Bertz CT molecular complexity index is 709. The van der Waals surface area contributed by atoms with Gasteiger partial charge in [-0.2, -0.15) is 0 Å². The summed E-state index contributed by atoms with van der Waals surface area (Å²) in [5, 5.41) is 10.9. The van der Waals surface area contributed by atoms with Crippen LogP contribution < -0.4 is 0 Å². The predicted octanol–water partition coefficient (Wildman–Crippen LogP) is 4.40. The van der Waals surface area contributed by atoms with Gasteiger partial charge in [0.25, 0.3) is 0 Å². The molecule has 2 aromatic rings. The van der Waals surface area contributed by atoms with Gasteiger partial charge in [0, 0.05) is 29.5 Å². The molecule has 2 aromatic carbocycles. The number of hydrogen-bond donors (Lipinski definition) is 1. The first-order valence-electron chi connectivity index (χ1n) is 8.86. The van der Waals surface area contributed by atoms with Crippen LogP contribution in [0.3, 0.4) is 0 Å². The summed E-state index contributed by atoms with van der Waals surface area (Å²) in [5.74, 6) is 0.211. The summed E-state index contributed by atoms with van der Waals surface area (Å²) in [5.41, 5.74) is 1.05. The minimum absolute atomic E-state index is 0.211. The van der Waals surface area contributed by atoms with Gasteiger partial charge in [-0.1, -0.05) is 58.4 Å². The lowest BCUT2D eigenvalue weighted by Gasteiger charge is -2.38. The van der Waals surface area contributed by atoms with Crippen LogP contribution in [0, 0.1) is 0 Å². The molecule has 3 nitrogen and oxygen atoms in total. The molecule has 0 radical (unpaired) electrons. The summed E-state index contributed by atoms with van der Waals surface area (Å²) in [6, 6.07) is 17.4. The number of aliphatic hydroxyl groups is 1. The van der Waals surface area contributed by atoms with Crippen LogP contribution in [0.4, 0.5) is 0 Å². The lowest BCUT2D eigenvalue weighted by molar-refractivity contribution is -0.0260. The van der Waals surface area contributed by atoms with Crippen molar-refractivity contribution < 1.29 is 9.90 Å². The van der Waals surface area contributed by atoms with Gasteiger partial charge in [-0.15, -0.1) is 0 Å². The fourth-order valence-corrected chi connectivity index (χ4v) is 3.84. The maximum atomic E-state index is 12.1. The number of rotatable bonds is 6. The first-order chi connectivity index (χ1) is 12.1. The first-order valence-corrected chi connectivity index (χ1v) is 9.65. The van der Waals surface area contributed by atoms with E-state index in [-0.39, 0.29) is 5.78 Å². The average Bonchev–Trinajstić information content (AvgIpc) is 2.64. The van der Waals surface area contributed by atoms with Crippen LogP contribution >= 0.6 is 15.9 Å². The fraction of sp³-hybridized carbons (Fsp3) is 0.381. The highest BCUT2D eigenvalue weighted by Crippen LogP contribution is 2.34. The summed E-state index contributed by atoms with van der Waals surface area (Å²) in [6.07, 6.45) is 2.91. The molecule has 0 saturated carbocycles. The number of carbonyl (C=O) groups is 1. The largest absolute Gasteiger partial charge is 0.385 e. The third-order valence-electron chi connectivity index (χ3n) is 5.02. The summed E-state index contributed by atoms with van der Waals surface area (Å²) >= 11 is 3.48. The highest BCUT2D eigenvalue weighted by molar-refractivity contribution is 9.10. The minimum Gasteiger partial charge on any atom is -0.385 e. The van der Waals surface area contributed by atoms with Crippen molar-refractivity contribution in [2.45, 2.75) is 31.3 Å². The molecule has 0 aliphatic carbocycles. The van der Waals surface area contributed by atoms with Crippen molar-refractivity contribution in [3.8, 4) is 0 Å². The zero-order valence-electron chi connectivity index (χ0n) is 14.3. The Hall–Kier alpha value is -1.49. The second-order valence-corrected chi connectivity index (χ2v) is 7.69. The highest BCUT2D eigenvalue weighted by Gasteiger charge is 2.33. The van der Waals surface area contributed by atoms with Gasteiger partial charge < -0.3 is 10.0 Å². The van der Waals surface area contributed by atoms with Crippen LogP contribution in [0.2, 0.25) is 0 Å². The Kier molecular flexibility index (Phi) is 6.05. The molecule has 132 valence electrons. The van der Waals surface area contributed by atoms with E-state index < -0.39 is 5.60 Å². The normalized spacial score (nSPS) is 17.4. The number of nitrogens with zero attached hydrogens (tertiary/aromatic N) is 1. The van der Waals surface area contributed by atoms with Crippen molar-refractivity contribution in [1.82, 2.24) is 4.90 Å². The SMILES string of the molecule is O=C(CCCN1CCC(O)(c2cccc(Br)c2)CC1)c1ccccc1. The lowest BCUT2D eigenvalue weighted by atomic mass is 9.84. The van der Waals surface area contributed by atoms with Crippen LogP contribution in [0.25, 0.3) is 0 Å². The van der Waals surface area contributed by atoms with Crippen LogP contribution in [0.15, 0.2) is 59.1 Å². The molecular weight excluding hydrogens is 378 g/mol. The molecule has 1 N–H and O–H groups in total. The number of ketones is 1. The molecule has 0 bridgehead atoms. The third kappa shape index (κ3) is 4.78. The maximum Gasteiger partial charge on any atom is 0.162 e. The molecule has 0 aromatic heterocycles. The number of halogens is 1. The van der Waals surface area contributed by atoms with Crippen molar-refractivity contribution in [1.29, 1.82) is 0 Å². The highest BCUT2D eigenvalue weighted by atomic mass is 79.9. The molecule has 1 fully saturated rings. The van der Waals surface area contributed by atoms with Crippen LogP contribution in [-0.4, -0.2) is 35.4 Å². The minimum atomic E-state index is -0.736. The maximum absolute atomic E-state index is 12.1. The molecule has 1 aliphatic heterocycles. The van der Waals surface area contributed by atoms with Crippen molar-refractivity contribution in [2.75, 3.05) is 19.6 Å². The van der Waals surface area contributed by atoms with Crippen LogP contribution in [-0.2, 0) is 5.60 Å². The quantitative estimate of drug-likeness (QED) is 0.729. The van der Waals surface area contributed by atoms with Gasteiger partial charge in [0.15, 0.2) is 5.78 Å².